The van der Waals surface area contributed by atoms with Gasteiger partial charge >= 0.3 is 0 Å². The van der Waals surface area contributed by atoms with Crippen LogP contribution < -0.4 is 14.8 Å². The van der Waals surface area contributed by atoms with Crippen LogP contribution in [-0.2, 0) is 22.0 Å². The van der Waals surface area contributed by atoms with Gasteiger partial charge in [0.2, 0.25) is 5.13 Å². The Hall–Kier alpha value is -2.93. The number of rotatable bonds is 9. The summed E-state index contributed by atoms with van der Waals surface area (Å²) in [4.78, 5) is 26.9. The van der Waals surface area contributed by atoms with Crippen molar-refractivity contribution in [3.8, 4) is 11.5 Å². The van der Waals surface area contributed by atoms with E-state index in [1.807, 2.05) is 0 Å². The lowest BCUT2D eigenvalue weighted by Gasteiger charge is -2.12. The van der Waals surface area contributed by atoms with Crippen LogP contribution in [0.15, 0.2) is 45.9 Å². The van der Waals surface area contributed by atoms with Crippen LogP contribution in [0.2, 0.25) is 0 Å². The molecule has 0 saturated carbocycles. The van der Waals surface area contributed by atoms with Gasteiger partial charge in [-0.2, -0.15) is 0 Å². The first-order chi connectivity index (χ1) is 16.5. The molecule has 34 heavy (non-hydrogen) atoms. The quantitative estimate of drug-likeness (QED) is 0.243. The van der Waals surface area contributed by atoms with Crippen molar-refractivity contribution in [3.63, 3.8) is 0 Å². The Morgan fingerprint density at radius 2 is 2.18 bits per heavy atom. The van der Waals surface area contributed by atoms with Crippen molar-refractivity contribution >= 4 is 74.3 Å². The third kappa shape index (κ3) is 5.76. The SMILES string of the molecule is COc1cc(/C=C2\SC(=S)N(Cc3ccco3)C2=O)ccc1OCC(=O)Nc1nnc(CCl)s1. The number of halogens is 1. The molecule has 4 rings (SSSR count). The summed E-state index contributed by atoms with van der Waals surface area (Å²) in [5.41, 5.74) is 0.717. The number of methoxy groups -OCH3 is 1. The van der Waals surface area contributed by atoms with Gasteiger partial charge in [-0.05, 0) is 35.9 Å². The molecule has 1 aliphatic rings. The summed E-state index contributed by atoms with van der Waals surface area (Å²) in [6.45, 7) is 0.0222. The summed E-state index contributed by atoms with van der Waals surface area (Å²) < 4.78 is 16.8. The molecule has 2 aromatic heterocycles. The number of nitrogens with zero attached hydrogens (tertiary/aromatic N) is 3. The Morgan fingerprint density at radius 1 is 1.32 bits per heavy atom. The van der Waals surface area contributed by atoms with Crippen molar-refractivity contribution in [2.75, 3.05) is 19.0 Å². The number of benzene rings is 1. The molecule has 1 aromatic carbocycles. The number of hydrogen-bond acceptors (Lipinski definition) is 10. The summed E-state index contributed by atoms with van der Waals surface area (Å²) >= 11 is 13.5. The lowest BCUT2D eigenvalue weighted by atomic mass is 10.2. The number of thiocarbonyl (C=S) groups is 1. The summed E-state index contributed by atoms with van der Waals surface area (Å²) in [6, 6.07) is 8.68. The zero-order valence-electron chi connectivity index (χ0n) is 17.6. The molecule has 0 radical (unpaired) electrons. The molecule has 1 N–H and O–H groups in total. The molecule has 0 bridgehead atoms. The molecule has 13 heteroatoms. The monoisotopic (exact) mass is 536 g/mol. The van der Waals surface area contributed by atoms with Crippen LogP contribution in [0.25, 0.3) is 6.08 Å². The molecule has 176 valence electrons. The highest BCUT2D eigenvalue weighted by Gasteiger charge is 2.32. The van der Waals surface area contributed by atoms with Gasteiger partial charge in [0.25, 0.3) is 11.8 Å². The van der Waals surface area contributed by atoms with E-state index in [4.69, 9.17) is 37.7 Å². The summed E-state index contributed by atoms with van der Waals surface area (Å²) in [5.74, 6) is 1.06. The van der Waals surface area contributed by atoms with Gasteiger partial charge in [-0.25, -0.2) is 0 Å². The van der Waals surface area contributed by atoms with E-state index in [0.29, 0.717) is 36.6 Å². The fraction of sp³-hybridized carbons (Fsp3) is 0.190. The number of furan rings is 1. The zero-order valence-corrected chi connectivity index (χ0v) is 20.9. The summed E-state index contributed by atoms with van der Waals surface area (Å²) in [5, 5.41) is 11.2. The smallest absolute Gasteiger partial charge is 0.266 e. The fourth-order valence-electron chi connectivity index (χ4n) is 2.90. The largest absolute Gasteiger partial charge is 0.493 e. The normalized spacial score (nSPS) is 14.6. The standard InChI is InChI=1S/C21H17ClN4O5S3/c1-29-15-7-12(8-16-19(28)26(21(32)33-16)10-13-3-2-6-30-13)4-5-14(15)31-11-17(27)23-20-25-24-18(9-22)34-20/h2-8H,9-11H2,1H3,(H,23,25,27)/b16-8-. The first-order valence-electron chi connectivity index (χ1n) is 9.73. The second-order valence-electron chi connectivity index (χ2n) is 6.73. The van der Waals surface area contributed by atoms with E-state index < -0.39 is 5.91 Å². The molecule has 0 spiro atoms. The molecule has 3 heterocycles. The van der Waals surface area contributed by atoms with Crippen LogP contribution in [0.4, 0.5) is 5.13 Å². The maximum atomic E-state index is 12.8. The van der Waals surface area contributed by atoms with E-state index in [1.165, 1.54) is 35.1 Å². The van der Waals surface area contributed by atoms with Gasteiger partial charge in [0.1, 0.15) is 15.1 Å². The van der Waals surface area contributed by atoms with E-state index in [0.717, 1.165) is 5.56 Å². The van der Waals surface area contributed by atoms with E-state index in [9.17, 15) is 9.59 Å². The van der Waals surface area contributed by atoms with Gasteiger partial charge in [0.15, 0.2) is 18.1 Å². The van der Waals surface area contributed by atoms with Crippen LogP contribution in [0.3, 0.4) is 0 Å². The van der Waals surface area contributed by atoms with Crippen LogP contribution in [0, 0.1) is 0 Å². The van der Waals surface area contributed by atoms with Crippen molar-refractivity contribution in [2.24, 2.45) is 0 Å². The van der Waals surface area contributed by atoms with Gasteiger partial charge in [0, 0.05) is 0 Å². The number of ether oxygens (including phenoxy) is 2. The Labute approximate surface area is 213 Å². The number of aromatic nitrogens is 2. The second kappa shape index (κ2) is 11.0. The van der Waals surface area contributed by atoms with Crippen molar-refractivity contribution in [3.05, 3.63) is 57.8 Å². The Morgan fingerprint density at radius 3 is 2.88 bits per heavy atom. The highest BCUT2D eigenvalue weighted by Crippen LogP contribution is 2.35. The molecule has 0 atom stereocenters. The molecule has 0 unspecified atom stereocenters. The third-order valence-electron chi connectivity index (χ3n) is 4.44. The zero-order chi connectivity index (χ0) is 24.1. The van der Waals surface area contributed by atoms with E-state index >= 15 is 0 Å². The number of nitrogens with one attached hydrogen (secondary N) is 1. The number of thioether (sulfide) groups is 1. The second-order valence-corrected chi connectivity index (χ2v) is 9.73. The number of hydrogen-bond donors (Lipinski definition) is 1. The maximum Gasteiger partial charge on any atom is 0.266 e. The third-order valence-corrected chi connectivity index (χ3v) is 7.07. The average molecular weight is 537 g/mol. The molecule has 9 nitrogen and oxygen atoms in total. The number of alkyl halides is 1. The predicted molar refractivity (Wildman–Crippen MR) is 134 cm³/mol. The van der Waals surface area contributed by atoms with Gasteiger partial charge < -0.3 is 13.9 Å². The molecule has 1 fully saturated rings. The Balaban J connectivity index is 1.40. The van der Waals surface area contributed by atoms with Gasteiger partial charge in [-0.3, -0.25) is 19.8 Å². The van der Waals surface area contributed by atoms with Crippen molar-refractivity contribution < 1.29 is 23.5 Å². The summed E-state index contributed by atoms with van der Waals surface area (Å²) in [6.07, 6.45) is 3.28. The van der Waals surface area contributed by atoms with Crippen LogP contribution in [0.1, 0.15) is 16.3 Å². The molecule has 0 aliphatic carbocycles. The lowest BCUT2D eigenvalue weighted by Crippen LogP contribution is -2.27. The average Bonchev–Trinajstić information content (AvgIpc) is 3.57. The number of amides is 2. The minimum absolute atomic E-state index is 0.198. The number of carbonyl (C=O) groups is 2. The van der Waals surface area contributed by atoms with Crippen molar-refractivity contribution in [2.45, 2.75) is 12.4 Å². The molecule has 2 amide bonds. The van der Waals surface area contributed by atoms with Crippen LogP contribution in [-0.4, -0.2) is 44.9 Å². The topological polar surface area (TPSA) is 107 Å². The van der Waals surface area contributed by atoms with E-state index in [1.54, 1.807) is 42.7 Å². The Bertz CT molecular complexity index is 1250. The molecular formula is C21H17ClN4O5S3. The molecular weight excluding hydrogens is 520 g/mol. The van der Waals surface area contributed by atoms with E-state index in [2.05, 4.69) is 15.5 Å². The minimum atomic E-state index is -0.399. The van der Waals surface area contributed by atoms with Gasteiger partial charge in [-0.15, -0.1) is 21.8 Å². The summed E-state index contributed by atoms with van der Waals surface area (Å²) in [7, 11) is 1.49. The van der Waals surface area contributed by atoms with Crippen LogP contribution >= 0.6 is 46.9 Å². The number of carbonyl (C=O) groups excluding carboxylic acids is 2. The minimum Gasteiger partial charge on any atom is -0.493 e. The first kappa shape index (κ1) is 24.2. The first-order valence-corrected chi connectivity index (χ1v) is 12.3. The Kier molecular flexibility index (Phi) is 7.83. The highest BCUT2D eigenvalue weighted by molar-refractivity contribution is 8.26. The van der Waals surface area contributed by atoms with Gasteiger partial charge in [-0.1, -0.05) is 41.4 Å². The predicted octanol–water partition coefficient (Wildman–Crippen LogP) is 4.30. The van der Waals surface area contributed by atoms with Crippen molar-refractivity contribution in [1.29, 1.82) is 0 Å². The van der Waals surface area contributed by atoms with Gasteiger partial charge in [0.05, 0.1) is 30.7 Å². The fourth-order valence-corrected chi connectivity index (χ4v) is 4.97. The van der Waals surface area contributed by atoms with E-state index in [-0.39, 0.29) is 24.9 Å². The molecule has 1 saturated heterocycles. The van der Waals surface area contributed by atoms with Crippen molar-refractivity contribution in [1.82, 2.24) is 15.1 Å². The van der Waals surface area contributed by atoms with Crippen LogP contribution in [0.5, 0.6) is 11.5 Å². The highest BCUT2D eigenvalue weighted by atomic mass is 35.5. The molecule has 1 aliphatic heterocycles. The number of anilines is 1. The maximum absolute atomic E-state index is 12.8. The molecule has 3 aromatic rings. The lowest BCUT2D eigenvalue weighted by molar-refractivity contribution is -0.122.